The fourth-order valence-electron chi connectivity index (χ4n) is 3.83. The number of esters is 1. The van der Waals surface area contributed by atoms with Gasteiger partial charge in [0, 0.05) is 11.1 Å². The molecular weight excluding hydrogens is 464 g/mol. The normalized spacial score (nSPS) is 13.2. The Morgan fingerprint density at radius 1 is 1.22 bits per heavy atom. The number of carbonyl (C=O) groups excluding carboxylic acids is 1. The van der Waals surface area contributed by atoms with Gasteiger partial charge in [-0.25, -0.2) is 4.79 Å². The highest BCUT2D eigenvalue weighted by Crippen LogP contribution is 2.38. The Morgan fingerprint density at radius 3 is 2.78 bits per heavy atom. The molecule has 2 heterocycles. The van der Waals surface area contributed by atoms with Crippen molar-refractivity contribution in [2.45, 2.75) is 45.6 Å². The summed E-state index contributed by atoms with van der Waals surface area (Å²) in [6.45, 7) is 2.75. The Balaban J connectivity index is 1.50. The van der Waals surface area contributed by atoms with Gasteiger partial charge in [-0.2, -0.15) is 5.10 Å². The third-order valence-corrected chi connectivity index (χ3v) is 6.95. The molecule has 168 valence electrons. The summed E-state index contributed by atoms with van der Waals surface area (Å²) in [6.07, 6.45) is 7.01. The quantitative estimate of drug-likeness (QED) is 0.256. The zero-order valence-electron chi connectivity index (χ0n) is 17.8. The number of nitrogens with zero attached hydrogens (tertiary/aromatic N) is 2. The number of nitrogens with one attached hydrogen (secondary N) is 2. The zero-order valence-corrected chi connectivity index (χ0v) is 20.2. The average molecular weight is 489 g/mol. The van der Waals surface area contributed by atoms with Crippen molar-refractivity contribution in [3.8, 4) is 0 Å². The van der Waals surface area contributed by atoms with Crippen molar-refractivity contribution in [2.75, 3.05) is 17.2 Å². The van der Waals surface area contributed by atoms with E-state index in [2.05, 4.69) is 15.7 Å². The molecule has 1 aliphatic rings. The number of halogens is 1. The number of anilines is 2. The van der Waals surface area contributed by atoms with E-state index in [1.807, 2.05) is 37.3 Å². The number of carbonyl (C=O) groups is 1. The van der Waals surface area contributed by atoms with E-state index in [-0.39, 0.29) is 5.97 Å². The van der Waals surface area contributed by atoms with Crippen LogP contribution in [-0.2, 0) is 24.1 Å². The fourth-order valence-corrected chi connectivity index (χ4v) is 5.57. The second-order valence-electron chi connectivity index (χ2n) is 7.58. The smallest absolute Gasteiger partial charge is 0.341 e. The molecule has 3 aromatic rings. The molecule has 9 heteroatoms. The molecule has 0 bridgehead atoms. The van der Waals surface area contributed by atoms with Gasteiger partial charge in [0.05, 0.1) is 18.7 Å². The second-order valence-corrected chi connectivity index (χ2v) is 9.50. The van der Waals surface area contributed by atoms with Crippen LogP contribution >= 0.6 is 35.2 Å². The molecule has 1 aromatic carbocycles. The first-order chi connectivity index (χ1) is 15.5. The lowest BCUT2D eigenvalue weighted by Gasteiger charge is -2.10. The zero-order chi connectivity index (χ0) is 22.5. The molecule has 32 heavy (non-hydrogen) atoms. The van der Waals surface area contributed by atoms with Crippen molar-refractivity contribution in [2.24, 2.45) is 0 Å². The van der Waals surface area contributed by atoms with Crippen LogP contribution in [0.4, 0.5) is 10.8 Å². The first-order valence-electron chi connectivity index (χ1n) is 10.7. The van der Waals surface area contributed by atoms with Crippen LogP contribution in [0.15, 0.2) is 36.5 Å². The predicted octanol–water partition coefficient (Wildman–Crippen LogP) is 5.90. The molecule has 0 fully saturated rings. The summed E-state index contributed by atoms with van der Waals surface area (Å²) in [4.78, 5) is 14.0. The van der Waals surface area contributed by atoms with E-state index in [0.717, 1.165) is 36.8 Å². The number of thiophene rings is 1. The van der Waals surface area contributed by atoms with Gasteiger partial charge in [0.2, 0.25) is 0 Å². The topological polar surface area (TPSA) is 68.2 Å². The lowest BCUT2D eigenvalue weighted by molar-refractivity contribution is 0.0527. The second kappa shape index (κ2) is 10.5. The maximum Gasteiger partial charge on any atom is 0.341 e. The first-order valence-corrected chi connectivity index (χ1v) is 12.3. The molecule has 4 rings (SSSR count). The van der Waals surface area contributed by atoms with Crippen molar-refractivity contribution in [3.05, 3.63) is 63.1 Å². The van der Waals surface area contributed by atoms with Crippen LogP contribution in [0.1, 0.15) is 52.5 Å². The van der Waals surface area contributed by atoms with Gasteiger partial charge in [-0.05, 0) is 56.0 Å². The van der Waals surface area contributed by atoms with E-state index < -0.39 is 0 Å². The summed E-state index contributed by atoms with van der Waals surface area (Å²) < 4.78 is 7.10. The Labute approximate surface area is 201 Å². The van der Waals surface area contributed by atoms with Crippen molar-refractivity contribution in [1.29, 1.82) is 0 Å². The summed E-state index contributed by atoms with van der Waals surface area (Å²) in [5.41, 5.74) is 2.83. The van der Waals surface area contributed by atoms with Crippen LogP contribution in [0.2, 0.25) is 5.02 Å². The average Bonchev–Trinajstić information content (AvgIpc) is 3.18. The van der Waals surface area contributed by atoms with E-state index in [9.17, 15) is 4.79 Å². The summed E-state index contributed by atoms with van der Waals surface area (Å²) in [5.74, 6) is 0.165. The molecule has 0 saturated heterocycles. The van der Waals surface area contributed by atoms with Gasteiger partial charge >= 0.3 is 5.97 Å². The van der Waals surface area contributed by atoms with Gasteiger partial charge in [0.25, 0.3) is 0 Å². The molecular formula is C23H25ClN4O2S2. The van der Waals surface area contributed by atoms with Gasteiger partial charge in [0.1, 0.15) is 10.0 Å². The monoisotopic (exact) mass is 488 g/mol. The molecule has 0 amide bonds. The minimum atomic E-state index is -0.303. The Morgan fingerprint density at radius 2 is 2.00 bits per heavy atom. The summed E-state index contributed by atoms with van der Waals surface area (Å²) in [7, 11) is 0. The number of hydrogen-bond acceptors (Lipinski definition) is 5. The molecule has 2 N–H and O–H groups in total. The standard InChI is InChI=1S/C23H25ClN4O2S2/c1-2-30-22(29)19-16-11-7-4-8-12-18(16)32-21(19)26-23(31)25-20-17(24)14-28(27-20)13-15-9-5-3-6-10-15/h3,5-6,9-10,14H,2,4,7-8,11-13H2,1H3,(H2,25,26,27,31). The Kier molecular flexibility index (Phi) is 7.44. The third-order valence-electron chi connectivity index (χ3n) is 5.26. The highest BCUT2D eigenvalue weighted by molar-refractivity contribution is 7.80. The Hall–Kier alpha value is -2.42. The van der Waals surface area contributed by atoms with Crippen molar-refractivity contribution >= 4 is 57.1 Å². The van der Waals surface area contributed by atoms with E-state index in [1.165, 1.54) is 11.3 Å². The number of hydrogen-bond donors (Lipinski definition) is 2. The molecule has 6 nitrogen and oxygen atoms in total. The highest BCUT2D eigenvalue weighted by atomic mass is 35.5. The van der Waals surface area contributed by atoms with Gasteiger partial charge in [-0.3, -0.25) is 4.68 Å². The Bertz CT molecular complexity index is 1110. The number of aromatic nitrogens is 2. The lowest BCUT2D eigenvalue weighted by atomic mass is 10.1. The predicted molar refractivity (Wildman–Crippen MR) is 134 cm³/mol. The molecule has 1 aliphatic carbocycles. The highest BCUT2D eigenvalue weighted by Gasteiger charge is 2.26. The van der Waals surface area contributed by atoms with Crippen molar-refractivity contribution in [3.63, 3.8) is 0 Å². The molecule has 2 aromatic heterocycles. The van der Waals surface area contributed by atoms with Crippen molar-refractivity contribution in [1.82, 2.24) is 9.78 Å². The largest absolute Gasteiger partial charge is 0.462 e. The minimum absolute atomic E-state index is 0.303. The number of thiocarbonyl (C=S) groups is 1. The van der Waals surface area contributed by atoms with Crippen LogP contribution in [0, 0.1) is 0 Å². The van der Waals surface area contributed by atoms with E-state index >= 15 is 0 Å². The number of rotatable bonds is 6. The molecule has 0 atom stereocenters. The maximum absolute atomic E-state index is 12.7. The van der Waals surface area contributed by atoms with Crippen LogP contribution in [0.5, 0.6) is 0 Å². The van der Waals surface area contributed by atoms with Crippen LogP contribution < -0.4 is 10.6 Å². The summed E-state index contributed by atoms with van der Waals surface area (Å²) in [5, 5.41) is 12.3. The van der Waals surface area contributed by atoms with Crippen LogP contribution in [0.3, 0.4) is 0 Å². The molecule has 0 aliphatic heterocycles. The van der Waals surface area contributed by atoms with E-state index in [1.54, 1.807) is 22.2 Å². The molecule has 0 unspecified atom stereocenters. The van der Waals surface area contributed by atoms with E-state index in [4.69, 9.17) is 28.6 Å². The van der Waals surface area contributed by atoms with Gasteiger partial charge in [-0.15, -0.1) is 11.3 Å². The van der Waals surface area contributed by atoms with Gasteiger partial charge in [0.15, 0.2) is 10.9 Å². The molecule has 0 saturated carbocycles. The maximum atomic E-state index is 12.7. The molecule has 0 spiro atoms. The lowest BCUT2D eigenvalue weighted by Crippen LogP contribution is -2.21. The van der Waals surface area contributed by atoms with Gasteiger partial charge < -0.3 is 15.4 Å². The number of aryl methyl sites for hydroxylation is 1. The van der Waals surface area contributed by atoms with E-state index in [0.29, 0.717) is 39.7 Å². The SMILES string of the molecule is CCOC(=O)c1c(NC(=S)Nc2nn(Cc3ccccc3)cc2Cl)sc2c1CCCCC2. The number of ether oxygens (including phenoxy) is 1. The fraction of sp³-hybridized carbons (Fsp3) is 0.348. The minimum Gasteiger partial charge on any atom is -0.462 e. The van der Waals surface area contributed by atoms with Crippen LogP contribution in [-0.4, -0.2) is 27.5 Å². The van der Waals surface area contributed by atoms with Gasteiger partial charge in [-0.1, -0.05) is 48.4 Å². The first kappa shape index (κ1) is 22.8. The number of fused-ring (bicyclic) bond motifs is 1. The number of benzene rings is 1. The third kappa shape index (κ3) is 5.31. The molecule has 0 radical (unpaired) electrons. The summed E-state index contributed by atoms with van der Waals surface area (Å²) >= 11 is 13.5. The summed E-state index contributed by atoms with van der Waals surface area (Å²) in [6, 6.07) is 10.0. The van der Waals surface area contributed by atoms with Crippen molar-refractivity contribution < 1.29 is 9.53 Å². The van der Waals surface area contributed by atoms with Crippen LogP contribution in [0.25, 0.3) is 0 Å².